The van der Waals surface area contributed by atoms with E-state index in [1.54, 1.807) is 0 Å². The second-order valence-electron chi connectivity index (χ2n) is 6.69. The van der Waals surface area contributed by atoms with E-state index in [2.05, 4.69) is 6.92 Å². The Balaban J connectivity index is 1.62. The molecule has 1 aliphatic heterocycles. The first kappa shape index (κ1) is 14.4. The van der Waals surface area contributed by atoms with Crippen LogP contribution in [-0.4, -0.2) is 36.5 Å². The van der Waals surface area contributed by atoms with Crippen molar-refractivity contribution in [2.75, 3.05) is 19.6 Å². The fourth-order valence-corrected chi connectivity index (χ4v) is 2.90. The average molecular weight is 288 g/mol. The van der Waals surface area contributed by atoms with Gasteiger partial charge in [0, 0.05) is 18.7 Å². The number of benzene rings is 1. The second kappa shape index (κ2) is 5.68. The van der Waals surface area contributed by atoms with Gasteiger partial charge in [-0.15, -0.1) is 0 Å². The van der Waals surface area contributed by atoms with Crippen LogP contribution < -0.4 is 10.5 Å². The van der Waals surface area contributed by atoms with Crippen LogP contribution in [0.3, 0.4) is 0 Å². The van der Waals surface area contributed by atoms with Crippen molar-refractivity contribution in [1.82, 2.24) is 4.90 Å². The van der Waals surface area contributed by atoms with Crippen LogP contribution in [0.2, 0.25) is 0 Å². The van der Waals surface area contributed by atoms with E-state index < -0.39 is 0 Å². The van der Waals surface area contributed by atoms with Gasteiger partial charge in [0.15, 0.2) is 0 Å². The Bertz CT molecular complexity index is 510. The zero-order valence-corrected chi connectivity index (χ0v) is 12.7. The smallest absolute Gasteiger partial charge is 0.253 e. The summed E-state index contributed by atoms with van der Waals surface area (Å²) in [5.74, 6) is 0.965. The third-order valence-electron chi connectivity index (χ3n) is 4.79. The van der Waals surface area contributed by atoms with Crippen LogP contribution >= 0.6 is 0 Å². The number of nitrogens with zero attached hydrogens (tertiary/aromatic N) is 1. The first-order chi connectivity index (χ1) is 10.1. The lowest BCUT2D eigenvalue weighted by molar-refractivity contribution is 0.0776. The monoisotopic (exact) mass is 288 g/mol. The molecule has 0 aromatic heterocycles. The molecule has 0 bridgehead atoms. The zero-order valence-electron chi connectivity index (χ0n) is 12.7. The number of rotatable bonds is 4. The molecule has 1 amide bonds. The number of likely N-dealkylation sites (tertiary alicyclic amines) is 1. The van der Waals surface area contributed by atoms with Crippen molar-refractivity contribution in [1.29, 1.82) is 0 Å². The summed E-state index contributed by atoms with van der Waals surface area (Å²) in [6, 6.07) is 7.55. The highest BCUT2D eigenvalue weighted by Gasteiger charge is 2.35. The van der Waals surface area contributed by atoms with Crippen molar-refractivity contribution in [2.45, 2.75) is 38.7 Å². The number of ether oxygens (including phenoxy) is 1. The quantitative estimate of drug-likeness (QED) is 0.925. The molecule has 1 atom stereocenters. The first-order valence-electron chi connectivity index (χ1n) is 7.86. The molecule has 2 fully saturated rings. The highest BCUT2D eigenvalue weighted by atomic mass is 16.5. The molecule has 0 spiro atoms. The highest BCUT2D eigenvalue weighted by molar-refractivity contribution is 5.94. The van der Waals surface area contributed by atoms with Gasteiger partial charge in [-0.25, -0.2) is 0 Å². The molecule has 21 heavy (non-hydrogen) atoms. The fourth-order valence-electron chi connectivity index (χ4n) is 2.90. The van der Waals surface area contributed by atoms with Crippen LogP contribution in [-0.2, 0) is 0 Å². The second-order valence-corrected chi connectivity index (χ2v) is 6.69. The van der Waals surface area contributed by atoms with Crippen LogP contribution in [0.5, 0.6) is 5.75 Å². The Morgan fingerprint density at radius 2 is 2.10 bits per heavy atom. The summed E-state index contributed by atoms with van der Waals surface area (Å²) >= 11 is 0. The summed E-state index contributed by atoms with van der Waals surface area (Å²) < 4.78 is 5.82. The predicted octanol–water partition coefficient (Wildman–Crippen LogP) is 2.43. The molecule has 0 radical (unpaired) electrons. The number of carbonyl (C=O) groups is 1. The Kier molecular flexibility index (Phi) is 3.89. The molecule has 4 heteroatoms. The Labute approximate surface area is 126 Å². The van der Waals surface area contributed by atoms with Crippen molar-refractivity contribution in [3.05, 3.63) is 29.8 Å². The van der Waals surface area contributed by atoms with Crippen molar-refractivity contribution < 1.29 is 9.53 Å². The van der Waals surface area contributed by atoms with Gasteiger partial charge in [-0.1, -0.05) is 6.92 Å². The van der Waals surface area contributed by atoms with Gasteiger partial charge in [0.05, 0.1) is 6.10 Å². The zero-order chi connectivity index (χ0) is 14.9. The summed E-state index contributed by atoms with van der Waals surface area (Å²) in [4.78, 5) is 14.4. The first-order valence-corrected chi connectivity index (χ1v) is 7.86. The fraction of sp³-hybridized carbons (Fsp3) is 0.588. The summed E-state index contributed by atoms with van der Waals surface area (Å²) in [6.45, 7) is 4.33. The number of nitrogens with two attached hydrogens (primary N) is 1. The van der Waals surface area contributed by atoms with Gasteiger partial charge in [-0.3, -0.25) is 4.79 Å². The predicted molar refractivity (Wildman–Crippen MR) is 82.4 cm³/mol. The third kappa shape index (κ3) is 3.05. The molecule has 1 heterocycles. The summed E-state index contributed by atoms with van der Waals surface area (Å²) in [7, 11) is 0. The number of carbonyl (C=O) groups excluding carboxylic acids is 1. The molecule has 1 saturated heterocycles. The number of hydrogen-bond acceptors (Lipinski definition) is 3. The van der Waals surface area contributed by atoms with Crippen molar-refractivity contribution in [3.8, 4) is 5.75 Å². The minimum atomic E-state index is 0.0724. The lowest BCUT2D eigenvalue weighted by atomic mass is 9.90. The average Bonchev–Trinajstić information content (AvgIpc) is 2.86. The maximum absolute atomic E-state index is 12.5. The Hall–Kier alpha value is -1.55. The molecule has 1 saturated carbocycles. The topological polar surface area (TPSA) is 55.6 Å². The van der Waals surface area contributed by atoms with E-state index in [0.29, 0.717) is 12.6 Å². The largest absolute Gasteiger partial charge is 0.490 e. The lowest BCUT2D eigenvalue weighted by Crippen LogP contribution is -2.34. The van der Waals surface area contributed by atoms with Crippen molar-refractivity contribution >= 4 is 5.91 Å². The number of hydrogen-bond donors (Lipinski definition) is 1. The van der Waals surface area contributed by atoms with Gasteiger partial charge in [0.1, 0.15) is 5.75 Å². The summed E-state index contributed by atoms with van der Waals surface area (Å²) in [6.07, 6.45) is 4.90. The van der Waals surface area contributed by atoms with Crippen LogP contribution in [0, 0.1) is 5.41 Å². The van der Waals surface area contributed by atoms with Crippen molar-refractivity contribution in [2.24, 2.45) is 11.1 Å². The molecule has 1 unspecified atom stereocenters. The summed E-state index contributed by atoms with van der Waals surface area (Å²) in [5.41, 5.74) is 6.61. The Morgan fingerprint density at radius 3 is 2.62 bits per heavy atom. The SMILES string of the molecule is CC1(CN)CCN(C(=O)c2ccc(OC3CCC3)cc2)C1. The standard InChI is InChI=1S/C17H24N2O2/c1-17(11-18)9-10-19(12-17)16(20)13-5-7-15(8-6-13)21-14-3-2-4-14/h5-8,14H,2-4,9-12,18H2,1H3. The van der Waals surface area contributed by atoms with Crippen LogP contribution in [0.25, 0.3) is 0 Å². The van der Waals surface area contributed by atoms with E-state index in [1.165, 1.54) is 6.42 Å². The maximum atomic E-state index is 12.5. The van der Waals surface area contributed by atoms with E-state index in [0.717, 1.165) is 43.7 Å². The van der Waals surface area contributed by atoms with Crippen LogP contribution in [0.4, 0.5) is 0 Å². The minimum absolute atomic E-state index is 0.0724. The van der Waals surface area contributed by atoms with Crippen LogP contribution in [0.1, 0.15) is 43.0 Å². The molecule has 4 nitrogen and oxygen atoms in total. The molecule has 2 N–H and O–H groups in total. The van der Waals surface area contributed by atoms with Crippen LogP contribution in [0.15, 0.2) is 24.3 Å². The molecule has 1 aromatic rings. The van der Waals surface area contributed by atoms with E-state index in [1.807, 2.05) is 29.2 Å². The molecule has 2 aliphatic rings. The summed E-state index contributed by atoms with van der Waals surface area (Å²) in [5, 5.41) is 0. The van der Waals surface area contributed by atoms with E-state index in [-0.39, 0.29) is 11.3 Å². The molecular formula is C17H24N2O2. The van der Waals surface area contributed by atoms with E-state index in [4.69, 9.17) is 10.5 Å². The Morgan fingerprint density at radius 1 is 1.38 bits per heavy atom. The van der Waals surface area contributed by atoms with E-state index in [9.17, 15) is 4.79 Å². The minimum Gasteiger partial charge on any atom is -0.490 e. The number of amides is 1. The lowest BCUT2D eigenvalue weighted by Gasteiger charge is -2.26. The van der Waals surface area contributed by atoms with Gasteiger partial charge in [0.2, 0.25) is 0 Å². The molecule has 1 aliphatic carbocycles. The molecule has 3 rings (SSSR count). The van der Waals surface area contributed by atoms with Gasteiger partial charge >= 0.3 is 0 Å². The van der Waals surface area contributed by atoms with E-state index >= 15 is 0 Å². The van der Waals surface area contributed by atoms with Gasteiger partial charge in [0.25, 0.3) is 5.91 Å². The molecular weight excluding hydrogens is 264 g/mol. The third-order valence-corrected chi connectivity index (χ3v) is 4.79. The molecule has 114 valence electrons. The highest BCUT2D eigenvalue weighted by Crippen LogP contribution is 2.30. The van der Waals surface area contributed by atoms with Gasteiger partial charge < -0.3 is 15.4 Å². The normalized spacial score (nSPS) is 25.7. The molecule has 1 aromatic carbocycles. The maximum Gasteiger partial charge on any atom is 0.253 e. The van der Waals surface area contributed by atoms with Gasteiger partial charge in [-0.2, -0.15) is 0 Å². The van der Waals surface area contributed by atoms with Gasteiger partial charge in [-0.05, 0) is 61.9 Å². The van der Waals surface area contributed by atoms with Crippen molar-refractivity contribution in [3.63, 3.8) is 0 Å².